The molecule has 1 saturated heterocycles. The second-order valence-electron chi connectivity index (χ2n) is 7.20. The summed E-state index contributed by atoms with van der Waals surface area (Å²) in [5.41, 5.74) is 2.38. The van der Waals surface area contributed by atoms with Gasteiger partial charge in [0.05, 0.1) is 13.2 Å². The molecule has 0 aliphatic carbocycles. The van der Waals surface area contributed by atoms with E-state index in [1.165, 1.54) is 5.56 Å². The van der Waals surface area contributed by atoms with Crippen molar-refractivity contribution in [3.8, 4) is 5.75 Å². The number of carbonyl (C=O) groups excluding carboxylic acids is 1. The van der Waals surface area contributed by atoms with Gasteiger partial charge in [-0.2, -0.15) is 0 Å². The van der Waals surface area contributed by atoms with Crippen LogP contribution in [0.5, 0.6) is 5.75 Å². The first-order valence-corrected chi connectivity index (χ1v) is 10.0. The van der Waals surface area contributed by atoms with Gasteiger partial charge in [-0.1, -0.05) is 60.7 Å². The third kappa shape index (κ3) is 5.13. The molecule has 150 valence electrons. The van der Waals surface area contributed by atoms with Crippen LogP contribution in [0, 0.1) is 0 Å². The summed E-state index contributed by atoms with van der Waals surface area (Å²) < 4.78 is 11.2. The first-order chi connectivity index (χ1) is 14.3. The Morgan fingerprint density at radius 3 is 2.52 bits per heavy atom. The number of carbonyl (C=O) groups is 1. The van der Waals surface area contributed by atoms with Crippen molar-refractivity contribution in [2.45, 2.75) is 13.1 Å². The van der Waals surface area contributed by atoms with Crippen molar-refractivity contribution in [2.24, 2.45) is 0 Å². The molecule has 5 heteroatoms. The maximum Gasteiger partial charge on any atom is 0.258 e. The van der Waals surface area contributed by atoms with Crippen molar-refractivity contribution in [1.29, 1.82) is 0 Å². The predicted octanol–water partition coefficient (Wildman–Crippen LogP) is 3.37. The summed E-state index contributed by atoms with van der Waals surface area (Å²) in [5.74, 6) is 0.602. The summed E-state index contributed by atoms with van der Waals surface area (Å²) in [6.45, 7) is 4.83. The molecule has 0 spiro atoms. The molecule has 3 aromatic carbocycles. The Balaban J connectivity index is 1.33. The molecule has 5 nitrogen and oxygen atoms in total. The Kier molecular flexibility index (Phi) is 6.39. The average molecular weight is 390 g/mol. The van der Waals surface area contributed by atoms with Gasteiger partial charge < -0.3 is 14.8 Å². The number of morpholine rings is 1. The molecule has 1 heterocycles. The molecule has 0 radical (unpaired) electrons. The first-order valence-electron chi connectivity index (χ1n) is 10.0. The molecule has 1 amide bonds. The van der Waals surface area contributed by atoms with E-state index >= 15 is 0 Å². The van der Waals surface area contributed by atoms with Crippen LogP contribution in [0.1, 0.15) is 11.1 Å². The molecule has 1 aliphatic heterocycles. The molecule has 29 heavy (non-hydrogen) atoms. The summed E-state index contributed by atoms with van der Waals surface area (Å²) >= 11 is 0. The molecule has 0 saturated carbocycles. The highest BCUT2D eigenvalue weighted by molar-refractivity contribution is 5.88. The Labute approximate surface area is 171 Å². The van der Waals surface area contributed by atoms with Gasteiger partial charge in [-0.25, -0.2) is 0 Å². The van der Waals surface area contributed by atoms with E-state index in [0.29, 0.717) is 6.54 Å². The van der Waals surface area contributed by atoms with Gasteiger partial charge in [-0.15, -0.1) is 0 Å². The van der Waals surface area contributed by atoms with E-state index in [-0.39, 0.29) is 12.5 Å². The molecule has 0 aromatic heterocycles. The Bertz CT molecular complexity index is 962. The van der Waals surface area contributed by atoms with Crippen LogP contribution in [0.15, 0.2) is 66.7 Å². The zero-order valence-electron chi connectivity index (χ0n) is 16.5. The van der Waals surface area contributed by atoms with Crippen molar-refractivity contribution in [2.75, 3.05) is 32.9 Å². The van der Waals surface area contributed by atoms with Crippen molar-refractivity contribution in [3.05, 3.63) is 77.9 Å². The highest BCUT2D eigenvalue weighted by atomic mass is 16.5. The van der Waals surface area contributed by atoms with Gasteiger partial charge in [0.15, 0.2) is 6.61 Å². The number of nitrogens with zero attached hydrogens (tertiary/aromatic N) is 1. The van der Waals surface area contributed by atoms with E-state index in [9.17, 15) is 4.79 Å². The van der Waals surface area contributed by atoms with Crippen LogP contribution in [0.4, 0.5) is 0 Å². The molecular formula is C24H26N2O3. The summed E-state index contributed by atoms with van der Waals surface area (Å²) in [6, 6.07) is 22.1. The fourth-order valence-electron chi connectivity index (χ4n) is 3.59. The van der Waals surface area contributed by atoms with Crippen molar-refractivity contribution < 1.29 is 14.3 Å². The highest BCUT2D eigenvalue weighted by Crippen LogP contribution is 2.25. The van der Waals surface area contributed by atoms with Crippen LogP contribution in [-0.4, -0.2) is 43.7 Å². The molecule has 0 atom stereocenters. The van der Waals surface area contributed by atoms with Crippen molar-refractivity contribution in [1.82, 2.24) is 10.2 Å². The molecule has 0 unspecified atom stereocenters. The zero-order valence-corrected chi connectivity index (χ0v) is 16.5. The summed E-state index contributed by atoms with van der Waals surface area (Å²) in [7, 11) is 0. The quantitative estimate of drug-likeness (QED) is 0.672. The molecule has 0 bridgehead atoms. The molecule has 4 rings (SSSR count). The van der Waals surface area contributed by atoms with E-state index in [0.717, 1.165) is 54.9 Å². The second kappa shape index (κ2) is 9.54. The minimum absolute atomic E-state index is 0.000359. The smallest absolute Gasteiger partial charge is 0.258 e. The predicted molar refractivity (Wildman–Crippen MR) is 114 cm³/mol. The number of nitrogens with one attached hydrogen (secondary N) is 1. The van der Waals surface area contributed by atoms with Crippen LogP contribution < -0.4 is 10.1 Å². The molecular weight excluding hydrogens is 364 g/mol. The fraction of sp³-hybridized carbons (Fsp3) is 0.292. The summed E-state index contributed by atoms with van der Waals surface area (Å²) in [6.07, 6.45) is 0. The van der Waals surface area contributed by atoms with E-state index < -0.39 is 0 Å². The van der Waals surface area contributed by atoms with Gasteiger partial charge in [0.25, 0.3) is 5.91 Å². The standard InChI is InChI=1S/C24H26N2O3/c27-24(18-29-23-11-5-9-19-6-3-4-10-22(19)23)25-16-20-7-1-2-8-21(20)17-26-12-14-28-15-13-26/h1-11H,12-18H2,(H,25,27). The van der Waals surface area contributed by atoms with Gasteiger partial charge in [0, 0.05) is 31.6 Å². The SMILES string of the molecule is O=C(COc1cccc2ccccc12)NCc1ccccc1CN1CCOCC1. The average Bonchev–Trinajstić information content (AvgIpc) is 2.78. The third-order valence-electron chi connectivity index (χ3n) is 5.20. The molecule has 1 fully saturated rings. The number of hydrogen-bond donors (Lipinski definition) is 1. The second-order valence-corrected chi connectivity index (χ2v) is 7.20. The van der Waals surface area contributed by atoms with Gasteiger partial charge in [-0.3, -0.25) is 9.69 Å². The lowest BCUT2D eigenvalue weighted by Gasteiger charge is -2.27. The number of rotatable bonds is 7. The topological polar surface area (TPSA) is 50.8 Å². The number of benzene rings is 3. The van der Waals surface area contributed by atoms with Crippen LogP contribution in [-0.2, 0) is 22.6 Å². The monoisotopic (exact) mass is 390 g/mol. The maximum absolute atomic E-state index is 12.4. The normalized spacial score (nSPS) is 14.6. The minimum atomic E-state index is -0.126. The molecule has 3 aromatic rings. The van der Waals surface area contributed by atoms with Crippen LogP contribution in [0.2, 0.25) is 0 Å². The third-order valence-corrected chi connectivity index (χ3v) is 5.20. The maximum atomic E-state index is 12.4. The molecule has 1 N–H and O–H groups in total. The molecule has 1 aliphatic rings. The fourth-order valence-corrected chi connectivity index (χ4v) is 3.59. The van der Waals surface area contributed by atoms with Crippen LogP contribution in [0.3, 0.4) is 0 Å². The lowest BCUT2D eigenvalue weighted by atomic mass is 10.1. The largest absolute Gasteiger partial charge is 0.483 e. The summed E-state index contributed by atoms with van der Waals surface area (Å²) in [5, 5.41) is 5.10. The first kappa shape index (κ1) is 19.4. The van der Waals surface area contributed by atoms with Gasteiger partial charge in [-0.05, 0) is 22.6 Å². The minimum Gasteiger partial charge on any atom is -0.483 e. The Morgan fingerprint density at radius 1 is 0.931 bits per heavy atom. The Morgan fingerprint density at radius 2 is 1.66 bits per heavy atom. The van der Waals surface area contributed by atoms with E-state index in [1.54, 1.807) is 0 Å². The van der Waals surface area contributed by atoms with Crippen molar-refractivity contribution in [3.63, 3.8) is 0 Å². The van der Waals surface area contributed by atoms with Gasteiger partial charge in [0.1, 0.15) is 5.75 Å². The lowest BCUT2D eigenvalue weighted by Crippen LogP contribution is -2.36. The Hall–Kier alpha value is -2.89. The highest BCUT2D eigenvalue weighted by Gasteiger charge is 2.13. The van der Waals surface area contributed by atoms with Crippen LogP contribution in [0.25, 0.3) is 10.8 Å². The number of fused-ring (bicyclic) bond motifs is 1. The van der Waals surface area contributed by atoms with E-state index in [4.69, 9.17) is 9.47 Å². The zero-order chi connectivity index (χ0) is 19.9. The number of ether oxygens (including phenoxy) is 2. The van der Waals surface area contributed by atoms with E-state index in [2.05, 4.69) is 22.3 Å². The van der Waals surface area contributed by atoms with Gasteiger partial charge in [0.2, 0.25) is 0 Å². The lowest BCUT2D eigenvalue weighted by molar-refractivity contribution is -0.123. The number of hydrogen-bond acceptors (Lipinski definition) is 4. The van der Waals surface area contributed by atoms with Crippen LogP contribution >= 0.6 is 0 Å². The van der Waals surface area contributed by atoms with E-state index in [1.807, 2.05) is 54.6 Å². The number of amides is 1. The van der Waals surface area contributed by atoms with Crippen molar-refractivity contribution >= 4 is 16.7 Å². The summed E-state index contributed by atoms with van der Waals surface area (Å²) in [4.78, 5) is 14.7. The van der Waals surface area contributed by atoms with Gasteiger partial charge >= 0.3 is 0 Å².